The van der Waals surface area contributed by atoms with Gasteiger partial charge in [0.2, 0.25) is 0 Å². The molecule has 0 amide bonds. The minimum absolute atomic E-state index is 0.185. The van der Waals surface area contributed by atoms with Crippen LogP contribution in [0.4, 0.5) is 4.39 Å². The van der Waals surface area contributed by atoms with E-state index in [0.717, 1.165) is 0 Å². The predicted octanol–water partition coefficient (Wildman–Crippen LogP) is 3.59. The summed E-state index contributed by atoms with van der Waals surface area (Å²) in [7, 11) is 0. The summed E-state index contributed by atoms with van der Waals surface area (Å²) >= 11 is 7.23. The zero-order valence-corrected chi connectivity index (χ0v) is 26.6. The van der Waals surface area contributed by atoms with Gasteiger partial charge in [-0.15, -0.1) is 11.3 Å². The van der Waals surface area contributed by atoms with Gasteiger partial charge >= 0.3 is 11.9 Å². The second kappa shape index (κ2) is 11.9. The summed E-state index contributed by atoms with van der Waals surface area (Å²) < 4.78 is 20.3. The number of nitrogens with one attached hydrogen (secondary N) is 1. The van der Waals surface area contributed by atoms with Crippen molar-refractivity contribution >= 4 is 46.4 Å². The van der Waals surface area contributed by atoms with Gasteiger partial charge in [0.15, 0.2) is 16.0 Å². The number of hydrogen-bond donors (Lipinski definition) is 2. The van der Waals surface area contributed by atoms with Gasteiger partial charge in [-0.2, -0.15) is 0 Å². The minimum Gasteiger partial charge on any atom is -0.481 e. The molecule has 5 rings (SSSR count). The van der Waals surface area contributed by atoms with Crippen molar-refractivity contribution in [3.63, 3.8) is 0 Å². The summed E-state index contributed by atoms with van der Waals surface area (Å²) in [5.74, 6) is -1.23. The molecule has 0 unspecified atom stereocenters. The lowest BCUT2D eigenvalue weighted by Gasteiger charge is -2.45. The highest BCUT2D eigenvalue weighted by Gasteiger charge is 2.49. The van der Waals surface area contributed by atoms with Crippen molar-refractivity contribution in [1.29, 1.82) is 0 Å². The number of carbonyl (C=O) groups is 2. The molecule has 43 heavy (non-hydrogen) atoms. The smallest absolute Gasteiger partial charge is 0.338 e. The maximum atomic E-state index is 14.8. The quantitative estimate of drug-likeness (QED) is 0.316. The van der Waals surface area contributed by atoms with E-state index < -0.39 is 23.4 Å². The van der Waals surface area contributed by atoms with Crippen LogP contribution in [0, 0.1) is 18.2 Å². The van der Waals surface area contributed by atoms with Crippen molar-refractivity contribution in [3.05, 3.63) is 63.0 Å². The topological polar surface area (TPSA) is 111 Å². The first-order valence-electron chi connectivity index (χ1n) is 14.3. The molecule has 10 nitrogen and oxygen atoms in total. The van der Waals surface area contributed by atoms with Crippen molar-refractivity contribution in [3.8, 4) is 0 Å². The maximum Gasteiger partial charge on any atom is 0.338 e. The van der Waals surface area contributed by atoms with E-state index in [1.807, 2.05) is 10.3 Å². The number of thiazole rings is 1. The number of rotatable bonds is 9. The van der Waals surface area contributed by atoms with Crippen LogP contribution in [-0.2, 0) is 14.3 Å². The molecule has 0 spiro atoms. The normalized spacial score (nSPS) is 22.8. The van der Waals surface area contributed by atoms with Crippen LogP contribution in [0.3, 0.4) is 0 Å². The monoisotopic (exact) mass is 628 g/mol. The fourth-order valence-electron chi connectivity index (χ4n) is 6.06. The number of fused-ring (bicyclic) bond motifs is 1. The first-order valence-corrected chi connectivity index (χ1v) is 15.6. The molecule has 2 aromatic rings. The lowest BCUT2D eigenvalue weighted by Crippen LogP contribution is -2.60. The van der Waals surface area contributed by atoms with Gasteiger partial charge in [-0.3, -0.25) is 14.7 Å². The van der Waals surface area contributed by atoms with Crippen molar-refractivity contribution in [2.24, 2.45) is 10.4 Å². The number of nitrogens with zero attached hydrogens (tertiary/aromatic N) is 5. The van der Waals surface area contributed by atoms with Crippen LogP contribution >= 0.6 is 23.6 Å². The first kappa shape index (κ1) is 31.0. The molecule has 4 heterocycles. The molecule has 0 aliphatic carbocycles. The molecule has 3 aliphatic rings. The molecule has 2 saturated heterocycles. The van der Waals surface area contributed by atoms with Crippen LogP contribution in [0.25, 0.3) is 0 Å². The molecule has 2 fully saturated rings. The van der Waals surface area contributed by atoms with Crippen molar-refractivity contribution in [2.75, 3.05) is 45.9 Å². The summed E-state index contributed by atoms with van der Waals surface area (Å²) in [4.78, 5) is 41.1. The number of carboxylic acid groups (broad SMARTS) is 1. The Labute approximate surface area is 260 Å². The molecule has 1 aromatic heterocycles. The van der Waals surface area contributed by atoms with E-state index in [9.17, 15) is 19.1 Å². The Balaban J connectivity index is 1.48. The van der Waals surface area contributed by atoms with Crippen LogP contribution in [0.5, 0.6) is 0 Å². The van der Waals surface area contributed by atoms with Crippen LogP contribution in [-0.4, -0.2) is 99.1 Å². The van der Waals surface area contributed by atoms with E-state index in [0.29, 0.717) is 77.6 Å². The highest BCUT2D eigenvalue weighted by molar-refractivity contribution is 7.80. The highest BCUT2D eigenvalue weighted by Crippen LogP contribution is 2.37. The van der Waals surface area contributed by atoms with Gasteiger partial charge in [-0.1, -0.05) is 12.1 Å². The average Bonchev–Trinajstić information content (AvgIpc) is 3.56. The summed E-state index contributed by atoms with van der Waals surface area (Å²) in [6, 6.07) is 4.03. The van der Waals surface area contributed by atoms with E-state index in [2.05, 4.69) is 27.0 Å². The van der Waals surface area contributed by atoms with Gasteiger partial charge in [0.25, 0.3) is 0 Å². The SMILES string of the molecule is CCOC(=O)C1=C(CN2CCN3C(=S)N(CC(C)(C)C(=O)O)C[C@@]3(C)C2)NC(c2nccs2)=N[C@H]1c1cccc(F)c1C. The second-order valence-electron chi connectivity index (χ2n) is 12.1. The van der Waals surface area contributed by atoms with Crippen molar-refractivity contribution < 1.29 is 23.8 Å². The number of carboxylic acids is 1. The fourth-order valence-corrected chi connectivity index (χ4v) is 7.09. The fraction of sp³-hybridized carbons (Fsp3) is 0.500. The average molecular weight is 629 g/mol. The standard InChI is InChI=1S/C30H37FN6O4S2/c1-6-41-26(38)22-21(33-24(25-32-10-13-43-25)34-23(22)19-8-7-9-20(31)18(19)2)14-35-11-12-37-28(42)36(17-30(37,5)16-35)15-29(3,4)27(39)40/h7-10,13,23H,6,11-12,14-17H2,1-5H3,(H,33,34)(H,39,40)/t23-,30+/m0/s1. The van der Waals surface area contributed by atoms with Gasteiger partial charge in [0.1, 0.15) is 11.9 Å². The van der Waals surface area contributed by atoms with Crippen LogP contribution in [0.2, 0.25) is 0 Å². The van der Waals surface area contributed by atoms with Crippen LogP contribution in [0.1, 0.15) is 49.9 Å². The van der Waals surface area contributed by atoms with Gasteiger partial charge in [-0.25, -0.2) is 14.2 Å². The van der Waals surface area contributed by atoms with E-state index in [1.54, 1.807) is 46.0 Å². The largest absolute Gasteiger partial charge is 0.481 e. The van der Waals surface area contributed by atoms with Crippen LogP contribution in [0.15, 0.2) is 46.0 Å². The Morgan fingerprint density at radius 3 is 2.74 bits per heavy atom. The molecule has 0 radical (unpaired) electrons. The number of benzene rings is 1. The molecule has 3 aliphatic heterocycles. The molecule has 13 heteroatoms. The highest BCUT2D eigenvalue weighted by atomic mass is 32.1. The molecule has 1 aromatic carbocycles. The minimum atomic E-state index is -0.949. The molecule has 0 saturated carbocycles. The Morgan fingerprint density at radius 1 is 1.30 bits per heavy atom. The molecule has 2 N–H and O–H groups in total. The van der Waals surface area contributed by atoms with Gasteiger partial charge in [0, 0.05) is 56.5 Å². The number of thiocarbonyl (C=S) groups is 1. The zero-order chi connectivity index (χ0) is 31.1. The third-order valence-corrected chi connectivity index (χ3v) is 9.55. The first-order chi connectivity index (χ1) is 20.3. The van der Waals surface area contributed by atoms with E-state index in [1.165, 1.54) is 17.4 Å². The Bertz CT molecular complexity index is 1490. The number of piperazine rings is 1. The Kier molecular flexibility index (Phi) is 8.61. The number of carbonyl (C=O) groups excluding carboxylic acids is 1. The van der Waals surface area contributed by atoms with E-state index in [4.69, 9.17) is 21.9 Å². The Hall–Kier alpha value is -3.42. The third kappa shape index (κ3) is 6.02. The lowest BCUT2D eigenvalue weighted by molar-refractivity contribution is -0.147. The summed E-state index contributed by atoms with van der Waals surface area (Å²) in [6.45, 7) is 12.4. The predicted molar refractivity (Wildman–Crippen MR) is 166 cm³/mol. The Morgan fingerprint density at radius 2 is 2.07 bits per heavy atom. The van der Waals surface area contributed by atoms with Gasteiger partial charge in [0.05, 0.1) is 23.1 Å². The molecule has 0 bridgehead atoms. The third-order valence-electron chi connectivity index (χ3n) is 8.30. The van der Waals surface area contributed by atoms with E-state index in [-0.39, 0.29) is 18.0 Å². The van der Waals surface area contributed by atoms with Gasteiger partial charge < -0.3 is 25.0 Å². The van der Waals surface area contributed by atoms with Crippen molar-refractivity contribution in [2.45, 2.75) is 46.2 Å². The molecule has 2 atom stereocenters. The summed E-state index contributed by atoms with van der Waals surface area (Å²) in [6.07, 6.45) is 1.69. The van der Waals surface area contributed by atoms with Crippen LogP contribution < -0.4 is 5.32 Å². The zero-order valence-electron chi connectivity index (χ0n) is 25.0. The number of aromatic nitrogens is 1. The van der Waals surface area contributed by atoms with E-state index >= 15 is 0 Å². The lowest BCUT2D eigenvalue weighted by atomic mass is 9.91. The number of aliphatic imine (C=N–C) groups is 1. The number of esters is 1. The number of ether oxygens (including phenoxy) is 1. The second-order valence-corrected chi connectivity index (χ2v) is 13.4. The maximum absolute atomic E-state index is 14.8. The number of hydrogen-bond acceptors (Lipinski definition) is 9. The molecular formula is C30H37FN6O4S2. The molecular weight excluding hydrogens is 592 g/mol. The molecule has 230 valence electrons. The number of aliphatic carboxylic acids is 1. The number of halogens is 1. The van der Waals surface area contributed by atoms with Gasteiger partial charge in [-0.05, 0) is 64.0 Å². The van der Waals surface area contributed by atoms with Crippen molar-refractivity contribution in [1.82, 2.24) is 25.0 Å². The summed E-state index contributed by atoms with van der Waals surface area (Å²) in [5.41, 5.74) is 0.682. The summed E-state index contributed by atoms with van der Waals surface area (Å²) in [5, 5.41) is 16.3. The number of amidine groups is 1.